The zero-order valence-corrected chi connectivity index (χ0v) is 14.4. The van der Waals surface area contributed by atoms with E-state index in [-0.39, 0.29) is 17.3 Å². The lowest BCUT2D eigenvalue weighted by Gasteiger charge is -2.12. The van der Waals surface area contributed by atoms with E-state index in [1.54, 1.807) is 23.1 Å². The predicted molar refractivity (Wildman–Crippen MR) is 88.6 cm³/mol. The lowest BCUT2D eigenvalue weighted by molar-refractivity contribution is -0.140. The number of cyclic esters (lactones) is 1. The van der Waals surface area contributed by atoms with Crippen molar-refractivity contribution in [1.29, 1.82) is 0 Å². The van der Waals surface area contributed by atoms with Gasteiger partial charge in [0.25, 0.3) is 0 Å². The summed E-state index contributed by atoms with van der Waals surface area (Å²) in [5.41, 5.74) is 1.42. The average molecular weight is 334 g/mol. The average Bonchev–Trinajstić information content (AvgIpc) is 2.98. The Morgan fingerprint density at radius 2 is 2.09 bits per heavy atom. The highest BCUT2D eigenvalue weighted by molar-refractivity contribution is 8.00. The van der Waals surface area contributed by atoms with Gasteiger partial charge in [-0.25, -0.2) is 9.97 Å². The second-order valence-corrected chi connectivity index (χ2v) is 8.33. The van der Waals surface area contributed by atoms with Crippen LogP contribution in [0.1, 0.15) is 42.5 Å². The summed E-state index contributed by atoms with van der Waals surface area (Å²) in [6, 6.07) is 0. The molecule has 1 saturated heterocycles. The highest BCUT2D eigenvalue weighted by atomic mass is 32.2. The van der Waals surface area contributed by atoms with Crippen molar-refractivity contribution < 1.29 is 9.53 Å². The van der Waals surface area contributed by atoms with Crippen molar-refractivity contribution in [2.45, 2.75) is 62.3 Å². The van der Waals surface area contributed by atoms with Gasteiger partial charge in [0.15, 0.2) is 0 Å². The zero-order chi connectivity index (χ0) is 15.3. The van der Waals surface area contributed by atoms with Gasteiger partial charge in [-0.05, 0) is 45.1 Å². The lowest BCUT2D eigenvalue weighted by Crippen LogP contribution is -2.10. The van der Waals surface area contributed by atoms with Gasteiger partial charge in [0, 0.05) is 16.7 Å². The number of hydrogen-bond acceptors (Lipinski definition) is 6. The molecule has 0 saturated carbocycles. The molecule has 2 atom stereocenters. The van der Waals surface area contributed by atoms with Crippen molar-refractivity contribution >= 4 is 39.3 Å². The minimum atomic E-state index is -0.133. The van der Waals surface area contributed by atoms with Crippen molar-refractivity contribution in [3.63, 3.8) is 0 Å². The molecule has 0 radical (unpaired) electrons. The lowest BCUT2D eigenvalue weighted by atomic mass is 9.97. The fourth-order valence-corrected chi connectivity index (χ4v) is 5.94. The van der Waals surface area contributed by atoms with Gasteiger partial charge in [0.05, 0.1) is 0 Å². The summed E-state index contributed by atoms with van der Waals surface area (Å²) in [4.78, 5) is 23.8. The van der Waals surface area contributed by atoms with Crippen LogP contribution in [0.15, 0.2) is 5.03 Å². The van der Waals surface area contributed by atoms with Gasteiger partial charge in [-0.2, -0.15) is 0 Å². The quantitative estimate of drug-likeness (QED) is 0.619. The van der Waals surface area contributed by atoms with Gasteiger partial charge in [0.2, 0.25) is 0 Å². The molecule has 1 aliphatic carbocycles. The molecule has 2 aliphatic rings. The molecule has 4 rings (SSSR count). The standard InChI is InChI=1S/C16H18N2O2S2/c1-8-7-12(16(19)20-8)22-15-13-10-5-3-4-6-11(10)21-14(13)17-9(2)18-15/h8,12H,3-7H2,1-2H3. The Labute approximate surface area is 137 Å². The van der Waals surface area contributed by atoms with E-state index in [0.717, 1.165) is 34.9 Å². The van der Waals surface area contributed by atoms with Crippen LogP contribution in [0, 0.1) is 6.92 Å². The number of thioether (sulfide) groups is 1. The number of hydrogen-bond donors (Lipinski definition) is 0. The molecule has 116 valence electrons. The molecule has 0 N–H and O–H groups in total. The molecule has 2 unspecified atom stereocenters. The second kappa shape index (κ2) is 5.49. The summed E-state index contributed by atoms with van der Waals surface area (Å²) < 4.78 is 5.28. The van der Waals surface area contributed by atoms with Crippen molar-refractivity contribution in [1.82, 2.24) is 9.97 Å². The van der Waals surface area contributed by atoms with Crippen LogP contribution in [0.2, 0.25) is 0 Å². The number of nitrogens with zero attached hydrogens (tertiary/aromatic N) is 2. The number of aryl methyl sites for hydroxylation is 3. The normalized spacial score (nSPS) is 24.5. The van der Waals surface area contributed by atoms with E-state index >= 15 is 0 Å². The Balaban J connectivity index is 1.79. The highest BCUT2D eigenvalue weighted by Crippen LogP contribution is 2.42. The molecule has 0 amide bonds. The van der Waals surface area contributed by atoms with Crippen LogP contribution in [0.25, 0.3) is 10.2 Å². The third-order valence-electron chi connectivity index (χ3n) is 4.27. The van der Waals surface area contributed by atoms with Crippen LogP contribution in [-0.4, -0.2) is 27.3 Å². The molecule has 4 nitrogen and oxygen atoms in total. The van der Waals surface area contributed by atoms with Crippen molar-refractivity contribution in [2.24, 2.45) is 0 Å². The maximum atomic E-state index is 12.0. The maximum Gasteiger partial charge on any atom is 0.319 e. The number of carbonyl (C=O) groups is 1. The van der Waals surface area contributed by atoms with Crippen molar-refractivity contribution in [2.75, 3.05) is 0 Å². The first-order valence-corrected chi connectivity index (χ1v) is 9.47. The third kappa shape index (κ3) is 2.42. The minimum absolute atomic E-state index is 0.0137. The number of ether oxygens (including phenoxy) is 1. The number of fused-ring (bicyclic) bond motifs is 3. The summed E-state index contributed by atoms with van der Waals surface area (Å²) in [6.45, 7) is 3.88. The van der Waals surface area contributed by atoms with E-state index < -0.39 is 0 Å². The Morgan fingerprint density at radius 1 is 1.27 bits per heavy atom. The zero-order valence-electron chi connectivity index (χ0n) is 12.7. The molecule has 3 heterocycles. The SMILES string of the molecule is Cc1nc(SC2CC(C)OC2=O)c2c3c(sc2n1)CCCC3. The molecule has 1 aliphatic heterocycles. The van der Waals surface area contributed by atoms with E-state index in [1.165, 1.54) is 28.7 Å². The van der Waals surface area contributed by atoms with Gasteiger partial charge >= 0.3 is 5.97 Å². The number of thiophene rings is 1. The molecule has 0 aromatic carbocycles. The second-order valence-electron chi connectivity index (χ2n) is 6.06. The van der Waals surface area contributed by atoms with E-state index in [1.807, 2.05) is 13.8 Å². The molecule has 2 aromatic rings. The maximum absolute atomic E-state index is 12.0. The predicted octanol–water partition coefficient (Wildman–Crippen LogP) is 3.67. The first kappa shape index (κ1) is 14.5. The Kier molecular flexibility index (Phi) is 3.61. The van der Waals surface area contributed by atoms with Gasteiger partial charge in [-0.1, -0.05) is 11.8 Å². The molecule has 6 heteroatoms. The van der Waals surface area contributed by atoms with Crippen molar-refractivity contribution in [3.05, 3.63) is 16.3 Å². The van der Waals surface area contributed by atoms with Crippen LogP contribution < -0.4 is 0 Å². The molecule has 0 spiro atoms. The summed E-state index contributed by atoms with van der Waals surface area (Å²) in [5, 5.41) is 2.03. The smallest absolute Gasteiger partial charge is 0.319 e. The topological polar surface area (TPSA) is 52.1 Å². The third-order valence-corrected chi connectivity index (χ3v) is 6.65. The summed E-state index contributed by atoms with van der Waals surface area (Å²) in [5.74, 6) is 0.680. The van der Waals surface area contributed by atoms with Crippen LogP contribution in [-0.2, 0) is 22.4 Å². The Morgan fingerprint density at radius 3 is 2.86 bits per heavy atom. The largest absolute Gasteiger partial charge is 0.462 e. The van der Waals surface area contributed by atoms with Crippen LogP contribution in [0.4, 0.5) is 0 Å². The first-order valence-electron chi connectivity index (χ1n) is 7.78. The van der Waals surface area contributed by atoms with Crippen LogP contribution >= 0.6 is 23.1 Å². The monoisotopic (exact) mass is 334 g/mol. The number of carbonyl (C=O) groups excluding carboxylic acids is 1. The van der Waals surface area contributed by atoms with E-state index in [2.05, 4.69) is 9.97 Å². The van der Waals surface area contributed by atoms with Gasteiger partial charge in [-0.3, -0.25) is 4.79 Å². The molecule has 0 bridgehead atoms. The highest BCUT2D eigenvalue weighted by Gasteiger charge is 2.34. The molecular weight excluding hydrogens is 316 g/mol. The first-order chi connectivity index (χ1) is 10.6. The summed E-state index contributed by atoms with van der Waals surface area (Å²) >= 11 is 3.37. The van der Waals surface area contributed by atoms with Crippen LogP contribution in [0.3, 0.4) is 0 Å². The van der Waals surface area contributed by atoms with Crippen LogP contribution in [0.5, 0.6) is 0 Å². The molecule has 2 aromatic heterocycles. The van der Waals surface area contributed by atoms with E-state index in [0.29, 0.717) is 0 Å². The number of esters is 1. The molecule has 22 heavy (non-hydrogen) atoms. The van der Waals surface area contributed by atoms with Gasteiger partial charge < -0.3 is 4.74 Å². The Bertz CT molecular complexity index is 756. The van der Waals surface area contributed by atoms with Gasteiger partial charge in [0.1, 0.15) is 27.0 Å². The number of rotatable bonds is 2. The summed E-state index contributed by atoms with van der Waals surface area (Å²) in [7, 11) is 0. The van der Waals surface area contributed by atoms with E-state index in [9.17, 15) is 4.79 Å². The number of aromatic nitrogens is 2. The molecule has 1 fully saturated rings. The summed E-state index contributed by atoms with van der Waals surface area (Å²) in [6.07, 6.45) is 5.55. The fourth-order valence-electron chi connectivity index (χ4n) is 3.26. The van der Waals surface area contributed by atoms with E-state index in [4.69, 9.17) is 4.74 Å². The van der Waals surface area contributed by atoms with Crippen molar-refractivity contribution in [3.8, 4) is 0 Å². The Hall–Kier alpha value is -1.14. The fraction of sp³-hybridized carbons (Fsp3) is 0.562. The molecular formula is C16H18N2O2S2. The minimum Gasteiger partial charge on any atom is -0.462 e. The van der Waals surface area contributed by atoms with Gasteiger partial charge in [-0.15, -0.1) is 11.3 Å².